The van der Waals surface area contributed by atoms with E-state index in [1.165, 1.54) is 0 Å². The van der Waals surface area contributed by atoms with Crippen LogP contribution >= 0.6 is 0 Å². The van der Waals surface area contributed by atoms with Crippen molar-refractivity contribution in [2.24, 2.45) is 5.73 Å². The number of nitrogens with one attached hydrogen (secondary N) is 2. The molecule has 0 aliphatic carbocycles. The third kappa shape index (κ3) is 5.08. The van der Waals surface area contributed by atoms with E-state index in [1.807, 2.05) is 12.1 Å². The van der Waals surface area contributed by atoms with Crippen molar-refractivity contribution in [3.05, 3.63) is 51.3 Å². The van der Waals surface area contributed by atoms with E-state index in [1.54, 1.807) is 30.5 Å². The maximum Gasteiger partial charge on any atom is 0.506 e. The predicted molar refractivity (Wildman–Crippen MR) is 146 cm³/mol. The number of anilines is 2. The number of fused-ring (bicyclic) bond motifs is 4. The second-order valence-corrected chi connectivity index (χ2v) is 9.74. The fourth-order valence-electron chi connectivity index (χ4n) is 5.12. The van der Waals surface area contributed by atoms with Gasteiger partial charge in [0.2, 0.25) is 11.8 Å². The van der Waals surface area contributed by atoms with Gasteiger partial charge in [0.05, 0.1) is 54.5 Å². The summed E-state index contributed by atoms with van der Waals surface area (Å²) in [7, 11) is 0. The van der Waals surface area contributed by atoms with Crippen molar-refractivity contribution in [3.63, 3.8) is 0 Å². The van der Waals surface area contributed by atoms with Crippen molar-refractivity contribution < 1.29 is 29.0 Å². The highest BCUT2D eigenvalue weighted by Gasteiger charge is 2.30. The number of carbonyl (C=O) groups is 3. The van der Waals surface area contributed by atoms with Gasteiger partial charge in [-0.2, -0.15) is 0 Å². The van der Waals surface area contributed by atoms with Crippen molar-refractivity contribution in [2.45, 2.75) is 33.0 Å². The number of aromatic nitrogens is 2. The second-order valence-electron chi connectivity index (χ2n) is 9.74. The summed E-state index contributed by atoms with van der Waals surface area (Å²) in [6.07, 6.45) is -1.45. The number of aryl methyl sites for hydroxylation is 1. The molecule has 0 spiro atoms. The Labute approximate surface area is 228 Å². The monoisotopic (exact) mass is 550 g/mol. The van der Waals surface area contributed by atoms with Gasteiger partial charge in [0.25, 0.3) is 5.56 Å². The number of pyridine rings is 2. The Morgan fingerprint density at radius 3 is 2.67 bits per heavy atom. The lowest BCUT2D eigenvalue weighted by Crippen LogP contribution is -2.44. The Bertz CT molecular complexity index is 1580. The Balaban J connectivity index is 1.59. The molecule has 40 heavy (non-hydrogen) atoms. The topological polar surface area (TPSA) is 178 Å². The maximum absolute atomic E-state index is 13.4. The fraction of sp³-hybridized carbons (Fsp3) is 0.370. The third-order valence-corrected chi connectivity index (χ3v) is 7.13. The highest BCUT2D eigenvalue weighted by Crippen LogP contribution is 2.41. The van der Waals surface area contributed by atoms with Crippen LogP contribution in [0.25, 0.3) is 22.3 Å². The van der Waals surface area contributed by atoms with Crippen LogP contribution in [0.1, 0.15) is 23.6 Å². The van der Waals surface area contributed by atoms with Gasteiger partial charge >= 0.3 is 6.16 Å². The highest BCUT2D eigenvalue weighted by atomic mass is 16.7. The minimum Gasteiger partial charge on any atom is -0.450 e. The van der Waals surface area contributed by atoms with E-state index < -0.39 is 24.0 Å². The van der Waals surface area contributed by atoms with E-state index in [4.69, 9.17) is 25.3 Å². The lowest BCUT2D eigenvalue weighted by atomic mass is 10.0. The molecule has 0 radical (unpaired) electrons. The van der Waals surface area contributed by atoms with Crippen molar-refractivity contribution in [1.82, 2.24) is 14.9 Å². The van der Waals surface area contributed by atoms with Crippen LogP contribution in [0.2, 0.25) is 0 Å². The van der Waals surface area contributed by atoms with Crippen molar-refractivity contribution in [2.75, 3.05) is 43.1 Å². The molecular formula is C27H30N6O7. The van der Waals surface area contributed by atoms with Crippen LogP contribution in [0, 0.1) is 6.92 Å². The van der Waals surface area contributed by atoms with Gasteiger partial charge in [-0.25, -0.2) is 9.78 Å². The Hall–Kier alpha value is -4.49. The molecule has 4 heterocycles. The van der Waals surface area contributed by atoms with Crippen LogP contribution in [-0.4, -0.2) is 71.5 Å². The summed E-state index contributed by atoms with van der Waals surface area (Å²) in [4.78, 5) is 55.8. The Morgan fingerprint density at radius 1 is 1.23 bits per heavy atom. The summed E-state index contributed by atoms with van der Waals surface area (Å²) in [6, 6.07) is 6.43. The van der Waals surface area contributed by atoms with Crippen LogP contribution in [0.15, 0.2) is 29.1 Å². The largest absolute Gasteiger partial charge is 0.506 e. The fourth-order valence-corrected chi connectivity index (χ4v) is 5.12. The Kier molecular flexibility index (Phi) is 7.41. The number of nitrogens with two attached hydrogens (primary N) is 1. The molecule has 1 atom stereocenters. The average Bonchev–Trinajstić information content (AvgIpc) is 3.29. The molecule has 3 aromatic rings. The molecule has 2 aromatic heterocycles. The molecule has 1 saturated heterocycles. The predicted octanol–water partition coefficient (Wildman–Crippen LogP) is 1.17. The van der Waals surface area contributed by atoms with Gasteiger partial charge in [0.1, 0.15) is 12.6 Å². The lowest BCUT2D eigenvalue weighted by molar-refractivity contribution is -0.125. The summed E-state index contributed by atoms with van der Waals surface area (Å²) in [5, 5.41) is 15.1. The van der Waals surface area contributed by atoms with Crippen LogP contribution in [-0.2, 0) is 32.2 Å². The van der Waals surface area contributed by atoms with Crippen molar-refractivity contribution >= 4 is 40.2 Å². The zero-order valence-electron chi connectivity index (χ0n) is 22.2. The van der Waals surface area contributed by atoms with Crippen molar-refractivity contribution in [3.8, 4) is 11.4 Å². The SMILES string of the molecule is Cc1cc2n(c(=O)c1COC(=O)O)Cc1c-2nc2ccc(NC(=O)C(C)NC(=O)CN)cc2c1N1CCOCC1. The first-order valence-electron chi connectivity index (χ1n) is 12.9. The van der Waals surface area contributed by atoms with Crippen molar-refractivity contribution in [1.29, 1.82) is 0 Å². The molecule has 1 fully saturated rings. The number of nitrogens with zero attached hydrogens (tertiary/aromatic N) is 3. The first kappa shape index (κ1) is 27.1. The van der Waals surface area contributed by atoms with Crippen LogP contribution in [0.3, 0.4) is 0 Å². The maximum atomic E-state index is 13.4. The molecule has 5 N–H and O–H groups in total. The minimum atomic E-state index is -1.45. The molecule has 1 unspecified atom stereocenters. The normalized spacial score (nSPS) is 14.8. The van der Waals surface area contributed by atoms with E-state index in [2.05, 4.69) is 15.5 Å². The zero-order chi connectivity index (χ0) is 28.6. The highest BCUT2D eigenvalue weighted by molar-refractivity contribution is 6.02. The average molecular weight is 551 g/mol. The molecule has 210 valence electrons. The summed E-state index contributed by atoms with van der Waals surface area (Å²) < 4.78 is 11.9. The summed E-state index contributed by atoms with van der Waals surface area (Å²) in [5.74, 6) is -0.827. The summed E-state index contributed by atoms with van der Waals surface area (Å²) >= 11 is 0. The summed E-state index contributed by atoms with van der Waals surface area (Å²) in [6.45, 7) is 5.35. The number of carboxylic acid groups (broad SMARTS) is 1. The lowest BCUT2D eigenvalue weighted by Gasteiger charge is -2.31. The Morgan fingerprint density at radius 2 is 1.98 bits per heavy atom. The first-order valence-corrected chi connectivity index (χ1v) is 12.9. The number of hydrogen-bond donors (Lipinski definition) is 4. The number of ether oxygens (including phenoxy) is 2. The van der Waals surface area contributed by atoms with E-state index >= 15 is 0 Å². The second kappa shape index (κ2) is 10.9. The van der Waals surface area contributed by atoms with Crippen LogP contribution in [0.4, 0.5) is 16.2 Å². The van der Waals surface area contributed by atoms with Gasteiger partial charge in [-0.1, -0.05) is 0 Å². The number of carbonyl (C=O) groups excluding carboxylic acids is 2. The third-order valence-electron chi connectivity index (χ3n) is 7.13. The zero-order valence-corrected chi connectivity index (χ0v) is 22.2. The number of hydrogen-bond acceptors (Lipinski definition) is 9. The quantitative estimate of drug-likeness (QED) is 0.244. The molecule has 2 aliphatic heterocycles. The number of amides is 2. The van der Waals surface area contributed by atoms with Gasteiger partial charge in [-0.05, 0) is 43.7 Å². The minimum absolute atomic E-state index is 0.216. The smallest absolute Gasteiger partial charge is 0.450 e. The molecule has 0 bridgehead atoms. The first-order chi connectivity index (χ1) is 19.2. The number of rotatable bonds is 7. The molecule has 13 nitrogen and oxygen atoms in total. The molecule has 1 aromatic carbocycles. The van der Waals surface area contributed by atoms with Gasteiger partial charge in [0.15, 0.2) is 0 Å². The number of morpholine rings is 1. The van der Waals surface area contributed by atoms with Gasteiger partial charge < -0.3 is 40.4 Å². The van der Waals surface area contributed by atoms with Crippen LogP contribution in [0.5, 0.6) is 0 Å². The molecule has 5 rings (SSSR count). The molecular weight excluding hydrogens is 520 g/mol. The van der Waals surface area contributed by atoms with Gasteiger partial charge in [0, 0.05) is 29.7 Å². The molecule has 13 heteroatoms. The molecule has 0 saturated carbocycles. The van der Waals surface area contributed by atoms with Gasteiger partial charge in [-0.3, -0.25) is 14.4 Å². The number of benzene rings is 1. The van der Waals surface area contributed by atoms with E-state index in [0.29, 0.717) is 54.5 Å². The van der Waals surface area contributed by atoms with Gasteiger partial charge in [-0.15, -0.1) is 0 Å². The van der Waals surface area contributed by atoms with E-state index in [-0.39, 0.29) is 30.8 Å². The summed E-state index contributed by atoms with van der Waals surface area (Å²) in [5.41, 5.74) is 10.2. The van der Waals surface area contributed by atoms with E-state index in [0.717, 1.165) is 16.6 Å². The molecule has 2 amide bonds. The van der Waals surface area contributed by atoms with E-state index in [9.17, 15) is 19.2 Å². The van der Waals surface area contributed by atoms with Crippen LogP contribution < -0.4 is 26.8 Å². The molecule has 2 aliphatic rings. The standard InChI is InChI=1S/C27H30N6O7/c1-14-9-21-23-18(12-33(21)26(36)19(14)13-40-27(37)38)24(32-5-7-39-8-6-32)17-10-16(3-4-20(17)31-23)30-25(35)15(2)29-22(34)11-28/h3-4,9-10,15H,5-8,11-13,28H2,1-2H3,(H,29,34)(H,30,35)(H,37,38).